The van der Waals surface area contributed by atoms with Crippen LogP contribution in [0.25, 0.3) is 0 Å². The second-order valence-corrected chi connectivity index (χ2v) is 3.43. The lowest BCUT2D eigenvalue weighted by Crippen LogP contribution is -2.25. The standard InChI is InChI=1S/C14H11F3O/c1-2-12(15)9-6-10-14(16,17)13(18)11-7-4-3-5-8-11/h2-10H,1H2/b10-6+,12-9+. The highest BCUT2D eigenvalue weighted by molar-refractivity contribution is 6.02. The van der Waals surface area contributed by atoms with E-state index in [4.69, 9.17) is 0 Å². The van der Waals surface area contributed by atoms with Gasteiger partial charge in [-0.2, -0.15) is 8.78 Å². The lowest BCUT2D eigenvalue weighted by molar-refractivity contribution is 0.0381. The molecular formula is C14H11F3O. The Hall–Kier alpha value is -2.10. The minimum Gasteiger partial charge on any atom is -0.287 e. The van der Waals surface area contributed by atoms with Gasteiger partial charge in [0, 0.05) is 5.56 Å². The summed E-state index contributed by atoms with van der Waals surface area (Å²) in [6.07, 6.45) is 2.82. The molecule has 0 heterocycles. The van der Waals surface area contributed by atoms with Gasteiger partial charge in [-0.25, -0.2) is 4.39 Å². The van der Waals surface area contributed by atoms with Gasteiger partial charge in [0.25, 0.3) is 0 Å². The minimum atomic E-state index is -3.67. The van der Waals surface area contributed by atoms with Crippen molar-refractivity contribution < 1.29 is 18.0 Å². The van der Waals surface area contributed by atoms with Crippen molar-refractivity contribution in [2.75, 3.05) is 0 Å². The number of carbonyl (C=O) groups is 1. The van der Waals surface area contributed by atoms with Crippen LogP contribution in [0.15, 0.2) is 67.0 Å². The molecule has 0 atom stereocenters. The van der Waals surface area contributed by atoms with E-state index in [-0.39, 0.29) is 5.56 Å². The van der Waals surface area contributed by atoms with Gasteiger partial charge in [0.2, 0.25) is 5.78 Å². The second kappa shape index (κ2) is 6.00. The number of allylic oxidation sites excluding steroid dienone is 5. The van der Waals surface area contributed by atoms with Gasteiger partial charge in [0.05, 0.1) is 0 Å². The monoisotopic (exact) mass is 252 g/mol. The van der Waals surface area contributed by atoms with Gasteiger partial charge < -0.3 is 0 Å². The summed E-state index contributed by atoms with van der Waals surface area (Å²) in [5, 5.41) is 0. The van der Waals surface area contributed by atoms with Crippen LogP contribution in [0.3, 0.4) is 0 Å². The van der Waals surface area contributed by atoms with Crippen molar-refractivity contribution in [1.82, 2.24) is 0 Å². The summed E-state index contributed by atoms with van der Waals surface area (Å²) < 4.78 is 39.5. The lowest BCUT2D eigenvalue weighted by atomic mass is 10.1. The van der Waals surface area contributed by atoms with Crippen molar-refractivity contribution in [1.29, 1.82) is 0 Å². The SMILES string of the molecule is C=C/C(F)=C\C=C\C(F)(F)C(=O)c1ccccc1. The van der Waals surface area contributed by atoms with Crippen LogP contribution >= 0.6 is 0 Å². The molecule has 0 spiro atoms. The van der Waals surface area contributed by atoms with Crippen molar-refractivity contribution in [2.45, 2.75) is 5.92 Å². The first-order valence-corrected chi connectivity index (χ1v) is 5.12. The summed E-state index contributed by atoms with van der Waals surface area (Å²) in [6, 6.07) is 7.19. The number of alkyl halides is 2. The van der Waals surface area contributed by atoms with E-state index < -0.39 is 17.5 Å². The number of rotatable bonds is 5. The highest BCUT2D eigenvalue weighted by Gasteiger charge is 2.35. The molecule has 0 aliphatic rings. The molecule has 0 amide bonds. The molecule has 0 aliphatic carbocycles. The van der Waals surface area contributed by atoms with E-state index in [0.29, 0.717) is 6.08 Å². The molecule has 1 nitrogen and oxygen atoms in total. The van der Waals surface area contributed by atoms with E-state index >= 15 is 0 Å². The minimum absolute atomic E-state index is 0.0969. The van der Waals surface area contributed by atoms with Gasteiger partial charge >= 0.3 is 5.92 Å². The van der Waals surface area contributed by atoms with Crippen LogP contribution in [0.2, 0.25) is 0 Å². The predicted molar refractivity (Wildman–Crippen MR) is 64.2 cm³/mol. The molecular weight excluding hydrogens is 241 g/mol. The van der Waals surface area contributed by atoms with E-state index in [2.05, 4.69) is 6.58 Å². The highest BCUT2D eigenvalue weighted by atomic mass is 19.3. The molecule has 1 aromatic carbocycles. The molecule has 0 unspecified atom stereocenters. The number of hydrogen-bond donors (Lipinski definition) is 0. The molecule has 0 saturated carbocycles. The van der Waals surface area contributed by atoms with E-state index in [9.17, 15) is 18.0 Å². The van der Waals surface area contributed by atoms with Crippen molar-refractivity contribution in [3.8, 4) is 0 Å². The molecule has 0 fully saturated rings. The largest absolute Gasteiger partial charge is 0.328 e. The van der Waals surface area contributed by atoms with Crippen molar-refractivity contribution in [2.24, 2.45) is 0 Å². The topological polar surface area (TPSA) is 17.1 Å². The molecule has 0 radical (unpaired) electrons. The van der Waals surface area contributed by atoms with Crippen LogP contribution in [0.5, 0.6) is 0 Å². The number of hydrogen-bond acceptors (Lipinski definition) is 1. The fraction of sp³-hybridized carbons (Fsp3) is 0.0714. The van der Waals surface area contributed by atoms with Crippen LogP contribution in [-0.4, -0.2) is 11.7 Å². The van der Waals surface area contributed by atoms with Crippen molar-refractivity contribution in [3.05, 3.63) is 72.6 Å². The summed E-state index contributed by atoms with van der Waals surface area (Å²) in [5.74, 6) is -5.75. The smallest absolute Gasteiger partial charge is 0.287 e. The van der Waals surface area contributed by atoms with Gasteiger partial charge in [-0.1, -0.05) is 43.0 Å². The fourth-order valence-electron chi connectivity index (χ4n) is 1.19. The third-order valence-electron chi connectivity index (χ3n) is 2.09. The Morgan fingerprint density at radius 3 is 2.39 bits per heavy atom. The Labute approximate surface area is 103 Å². The summed E-state index contributed by atoms with van der Waals surface area (Å²) >= 11 is 0. The van der Waals surface area contributed by atoms with E-state index in [0.717, 1.165) is 18.2 Å². The fourth-order valence-corrected chi connectivity index (χ4v) is 1.19. The number of Topliss-reactive ketones (excluding diaryl/α,β-unsaturated/α-hetero) is 1. The average molecular weight is 252 g/mol. The number of halogens is 3. The normalized spacial score (nSPS) is 12.7. The molecule has 18 heavy (non-hydrogen) atoms. The number of benzene rings is 1. The Balaban J connectivity index is 2.87. The molecule has 0 bridgehead atoms. The van der Waals surface area contributed by atoms with Crippen molar-refractivity contribution >= 4 is 5.78 Å². The van der Waals surface area contributed by atoms with Crippen LogP contribution in [-0.2, 0) is 0 Å². The van der Waals surface area contributed by atoms with Crippen LogP contribution in [0.1, 0.15) is 10.4 Å². The zero-order valence-corrected chi connectivity index (χ0v) is 9.45. The summed E-state index contributed by atoms with van der Waals surface area (Å²) in [4.78, 5) is 11.5. The highest BCUT2D eigenvalue weighted by Crippen LogP contribution is 2.21. The van der Waals surface area contributed by atoms with Crippen LogP contribution in [0, 0.1) is 0 Å². The Morgan fingerprint density at radius 2 is 1.83 bits per heavy atom. The molecule has 1 aromatic rings. The summed E-state index contributed by atoms with van der Waals surface area (Å²) in [6.45, 7) is 3.13. The van der Waals surface area contributed by atoms with Gasteiger partial charge in [-0.15, -0.1) is 0 Å². The van der Waals surface area contributed by atoms with E-state index in [1.54, 1.807) is 6.07 Å². The lowest BCUT2D eigenvalue weighted by Gasteiger charge is -2.09. The zero-order chi connectivity index (χ0) is 13.6. The summed E-state index contributed by atoms with van der Waals surface area (Å²) in [7, 11) is 0. The molecule has 4 heteroatoms. The maximum absolute atomic E-state index is 13.4. The van der Waals surface area contributed by atoms with Gasteiger partial charge in [0.1, 0.15) is 5.83 Å². The van der Waals surface area contributed by atoms with Gasteiger partial charge in [0.15, 0.2) is 0 Å². The molecule has 1 rings (SSSR count). The third kappa shape index (κ3) is 3.73. The quantitative estimate of drug-likeness (QED) is 0.569. The molecule has 0 N–H and O–H groups in total. The van der Waals surface area contributed by atoms with Crippen LogP contribution < -0.4 is 0 Å². The maximum Gasteiger partial charge on any atom is 0.328 e. The molecule has 0 aliphatic heterocycles. The maximum atomic E-state index is 13.4. The Kier molecular flexibility index (Phi) is 4.66. The number of carbonyl (C=O) groups excluding carboxylic acids is 1. The Bertz CT molecular complexity index is 487. The molecule has 0 aromatic heterocycles. The van der Waals surface area contributed by atoms with Gasteiger partial charge in [-0.3, -0.25) is 4.79 Å². The molecule has 94 valence electrons. The Morgan fingerprint density at radius 1 is 1.22 bits per heavy atom. The third-order valence-corrected chi connectivity index (χ3v) is 2.09. The van der Waals surface area contributed by atoms with E-state index in [1.165, 1.54) is 24.3 Å². The first-order valence-electron chi connectivity index (χ1n) is 5.12. The second-order valence-electron chi connectivity index (χ2n) is 3.43. The van der Waals surface area contributed by atoms with E-state index in [1.807, 2.05) is 0 Å². The van der Waals surface area contributed by atoms with Crippen LogP contribution in [0.4, 0.5) is 13.2 Å². The first-order chi connectivity index (χ1) is 8.47. The summed E-state index contributed by atoms with van der Waals surface area (Å²) in [5.41, 5.74) is -0.0969. The number of ketones is 1. The predicted octanol–water partition coefficient (Wildman–Crippen LogP) is 4.10. The zero-order valence-electron chi connectivity index (χ0n) is 9.45. The first kappa shape index (κ1) is 14.0. The van der Waals surface area contributed by atoms with Crippen molar-refractivity contribution in [3.63, 3.8) is 0 Å². The molecule has 0 saturated heterocycles. The average Bonchev–Trinajstić information content (AvgIpc) is 2.38. The van der Waals surface area contributed by atoms with Gasteiger partial charge in [-0.05, 0) is 18.2 Å².